The van der Waals surface area contributed by atoms with Gasteiger partial charge in [0, 0.05) is 66.8 Å². The zero-order chi connectivity index (χ0) is 72.6. The van der Waals surface area contributed by atoms with Crippen LogP contribution >= 0.6 is 0 Å². The molecule has 0 saturated carbocycles. The van der Waals surface area contributed by atoms with Crippen LogP contribution in [0.2, 0.25) is 0 Å². The lowest BCUT2D eigenvalue weighted by Gasteiger charge is -2.46. The highest BCUT2D eigenvalue weighted by molar-refractivity contribution is 7.00. The van der Waals surface area contributed by atoms with Crippen molar-refractivity contribution >= 4 is 101 Å². The molecule has 0 radical (unpaired) electrons. The Bertz CT molecular complexity index is 5780. The van der Waals surface area contributed by atoms with Gasteiger partial charge in [0.2, 0.25) is 0 Å². The second-order valence-electron chi connectivity index (χ2n) is 32.5. The number of benzene rings is 15. The van der Waals surface area contributed by atoms with Crippen LogP contribution in [0.5, 0.6) is 0 Å². The molecule has 2 aromatic heterocycles. The minimum Gasteiger partial charge on any atom is -0.311 e. The van der Waals surface area contributed by atoms with Crippen molar-refractivity contribution in [3.8, 4) is 78.1 Å². The van der Waals surface area contributed by atoms with E-state index in [2.05, 4.69) is 421 Å². The Morgan fingerprint density at radius 1 is 0.215 bits per heavy atom. The van der Waals surface area contributed by atoms with Crippen LogP contribution in [0.3, 0.4) is 0 Å². The Morgan fingerprint density at radius 2 is 0.505 bits per heavy atom. The van der Waals surface area contributed by atoms with E-state index >= 15 is 0 Å². The smallest absolute Gasteiger partial charge is 0.252 e. The molecular formula is C102H83BN4. The number of rotatable bonds is 10. The lowest BCUT2D eigenvalue weighted by molar-refractivity contribution is 0.590. The monoisotopic (exact) mass is 1370 g/mol. The maximum absolute atomic E-state index is 2.70. The Kier molecular flexibility index (Phi) is 15.4. The van der Waals surface area contributed by atoms with Gasteiger partial charge in [-0.25, -0.2) is 0 Å². The van der Waals surface area contributed by atoms with Gasteiger partial charge >= 0.3 is 0 Å². The standard InChI is InChI=1S/C102H83BN4/c1-100(2,3)76-46-52-93(85(60-76)74-56-70(66-30-14-10-15-31-66)54-71(57-74)67-32-16-11-17-33-67)106-95-64-79(104-89-42-26-22-38-81(89)82-39-23-27-43-90(82)104)48-50-87(95)103-88-51-49-80(105-91-44-28-24-40-83(91)84-41-25-29-45-92(84)105)65-96(88)107(98-63-78(102(7,8)9)62-97(106)99(98)103)94-53-47-77(101(4,5)6)61-86(94)75-58-72(68-34-18-12-19-35-68)55-73(59-75)69-36-20-13-21-37-69/h10-65H,1-9H3. The maximum Gasteiger partial charge on any atom is 0.252 e. The zero-order valence-corrected chi connectivity index (χ0v) is 62.2. The Balaban J connectivity index is 0.956. The van der Waals surface area contributed by atoms with Gasteiger partial charge in [-0.05, 0) is 226 Å². The lowest BCUT2D eigenvalue weighted by Crippen LogP contribution is -2.61. The molecule has 2 aliphatic rings. The average Bonchev–Trinajstić information content (AvgIpc) is 0.971. The van der Waals surface area contributed by atoms with Crippen molar-refractivity contribution < 1.29 is 0 Å². The highest BCUT2D eigenvalue weighted by atomic mass is 15.2. The fourth-order valence-corrected chi connectivity index (χ4v) is 17.2. The van der Waals surface area contributed by atoms with Gasteiger partial charge in [-0.3, -0.25) is 0 Å². The molecule has 5 heteroatoms. The minimum absolute atomic E-state index is 0.183. The molecule has 0 N–H and O–H groups in total. The molecule has 107 heavy (non-hydrogen) atoms. The van der Waals surface area contributed by atoms with Crippen molar-refractivity contribution in [2.75, 3.05) is 9.80 Å². The first-order valence-corrected chi connectivity index (χ1v) is 37.8. The van der Waals surface area contributed by atoms with E-state index in [9.17, 15) is 0 Å². The largest absolute Gasteiger partial charge is 0.311 e. The molecule has 19 rings (SSSR count). The van der Waals surface area contributed by atoms with E-state index in [1.807, 2.05) is 0 Å². The van der Waals surface area contributed by atoms with Gasteiger partial charge in [0.15, 0.2) is 0 Å². The highest BCUT2D eigenvalue weighted by Gasteiger charge is 2.46. The summed E-state index contributed by atoms with van der Waals surface area (Å²) in [5.41, 5.74) is 34.5. The number of hydrogen-bond acceptors (Lipinski definition) is 2. The van der Waals surface area contributed by atoms with Crippen LogP contribution in [0, 0.1) is 0 Å². The molecule has 0 atom stereocenters. The molecule has 0 aliphatic carbocycles. The molecule has 0 unspecified atom stereocenters. The van der Waals surface area contributed by atoms with E-state index in [1.165, 1.54) is 121 Å². The number of hydrogen-bond donors (Lipinski definition) is 0. The fraction of sp³-hybridized carbons (Fsp3) is 0.118. The Labute approximate surface area is 628 Å². The number of anilines is 6. The van der Waals surface area contributed by atoms with E-state index in [0.29, 0.717) is 0 Å². The second kappa shape index (κ2) is 25.1. The van der Waals surface area contributed by atoms with E-state index < -0.39 is 0 Å². The van der Waals surface area contributed by atoms with Gasteiger partial charge < -0.3 is 18.9 Å². The van der Waals surface area contributed by atoms with E-state index in [1.54, 1.807) is 0 Å². The van der Waals surface area contributed by atoms with Crippen molar-refractivity contribution in [1.29, 1.82) is 0 Å². The van der Waals surface area contributed by atoms with Gasteiger partial charge in [0.1, 0.15) is 0 Å². The van der Waals surface area contributed by atoms with Gasteiger partial charge in [-0.2, -0.15) is 0 Å². The molecule has 0 saturated heterocycles. The summed E-state index contributed by atoms with van der Waals surface area (Å²) in [5, 5.41) is 4.92. The minimum atomic E-state index is -0.324. The summed E-state index contributed by atoms with van der Waals surface area (Å²) in [7, 11) is 0. The predicted molar refractivity (Wildman–Crippen MR) is 458 cm³/mol. The van der Waals surface area contributed by atoms with Crippen molar-refractivity contribution in [1.82, 2.24) is 9.13 Å². The Hall–Kier alpha value is -12.4. The Morgan fingerprint density at radius 3 is 0.813 bits per heavy atom. The first-order valence-electron chi connectivity index (χ1n) is 37.8. The number of nitrogens with zero attached hydrogens (tertiary/aromatic N) is 4. The number of aromatic nitrogens is 2. The van der Waals surface area contributed by atoms with E-state index in [-0.39, 0.29) is 23.0 Å². The summed E-state index contributed by atoms with van der Waals surface area (Å²) >= 11 is 0. The summed E-state index contributed by atoms with van der Waals surface area (Å²) in [6.07, 6.45) is 0. The lowest BCUT2D eigenvalue weighted by atomic mass is 9.33. The van der Waals surface area contributed by atoms with Crippen LogP contribution in [-0.2, 0) is 16.2 Å². The SMILES string of the molecule is CC(C)(C)c1ccc(N2c3cc(-n4c5ccccc5c5ccccc54)ccc3B3c4ccc(-n5c6ccccc6c6ccccc65)cc4N(c4ccc(C(C)(C)C)cc4-c4cc(-c5ccccc5)cc(-c5ccccc5)c4)c4cc(C(C)(C)C)cc2c43)c(-c2cc(-c3ccccc3)cc(-c3ccccc3)c2)c1. The van der Waals surface area contributed by atoms with Crippen LogP contribution < -0.4 is 26.2 Å². The van der Waals surface area contributed by atoms with Crippen LogP contribution in [0.4, 0.5) is 34.1 Å². The topological polar surface area (TPSA) is 16.3 Å². The van der Waals surface area contributed by atoms with E-state index in [0.717, 1.165) is 67.8 Å². The average molecular weight is 1380 g/mol. The first-order chi connectivity index (χ1) is 52.0. The summed E-state index contributed by atoms with van der Waals surface area (Å²) in [6.45, 7) is 21.1. The van der Waals surface area contributed by atoms with Gasteiger partial charge in [0.05, 0.1) is 33.4 Å². The first kappa shape index (κ1) is 65.3. The summed E-state index contributed by atoms with van der Waals surface area (Å²) in [4.78, 5) is 5.40. The van der Waals surface area contributed by atoms with Crippen molar-refractivity contribution in [2.45, 2.75) is 78.6 Å². The third kappa shape index (κ3) is 11.1. The third-order valence-electron chi connectivity index (χ3n) is 22.7. The number of para-hydroxylation sites is 4. The van der Waals surface area contributed by atoms with Gasteiger partial charge in [0.25, 0.3) is 6.71 Å². The molecule has 4 heterocycles. The van der Waals surface area contributed by atoms with Gasteiger partial charge in [-0.15, -0.1) is 0 Å². The molecule has 514 valence electrons. The number of fused-ring (bicyclic) bond motifs is 10. The normalized spacial score (nSPS) is 12.9. The summed E-state index contributed by atoms with van der Waals surface area (Å²) in [5.74, 6) is 0. The summed E-state index contributed by atoms with van der Waals surface area (Å²) < 4.78 is 5.00. The molecular weight excluding hydrogens is 1290 g/mol. The van der Waals surface area contributed by atoms with Crippen molar-refractivity contribution in [3.05, 3.63) is 356 Å². The van der Waals surface area contributed by atoms with Gasteiger partial charge in [-0.1, -0.05) is 281 Å². The highest BCUT2D eigenvalue weighted by Crippen LogP contribution is 2.53. The molecule has 4 nitrogen and oxygen atoms in total. The molecule has 0 amide bonds. The van der Waals surface area contributed by atoms with Crippen LogP contribution in [-0.4, -0.2) is 15.8 Å². The fourth-order valence-electron chi connectivity index (χ4n) is 17.2. The molecule has 17 aromatic rings. The maximum atomic E-state index is 2.70. The molecule has 0 bridgehead atoms. The quantitative estimate of drug-likeness (QED) is 0.127. The summed E-state index contributed by atoms with van der Waals surface area (Å²) in [6, 6.07) is 129. The van der Waals surface area contributed by atoms with Crippen molar-refractivity contribution in [3.63, 3.8) is 0 Å². The molecule has 2 aliphatic heterocycles. The van der Waals surface area contributed by atoms with Crippen molar-refractivity contribution in [2.24, 2.45) is 0 Å². The molecule has 0 spiro atoms. The second-order valence-corrected chi connectivity index (χ2v) is 32.5. The zero-order valence-electron chi connectivity index (χ0n) is 62.2. The van der Waals surface area contributed by atoms with Crippen LogP contribution in [0.1, 0.15) is 79.0 Å². The van der Waals surface area contributed by atoms with E-state index in [4.69, 9.17) is 0 Å². The predicted octanol–water partition coefficient (Wildman–Crippen LogP) is 25.9. The van der Waals surface area contributed by atoms with Crippen LogP contribution in [0.15, 0.2) is 340 Å². The van der Waals surface area contributed by atoms with Crippen LogP contribution in [0.25, 0.3) is 122 Å². The third-order valence-corrected chi connectivity index (χ3v) is 22.7. The molecule has 15 aromatic carbocycles. The molecule has 0 fully saturated rings.